The van der Waals surface area contributed by atoms with Crippen LogP contribution in [0.4, 0.5) is 8.78 Å². The average molecular weight is 398 g/mol. The van der Waals surface area contributed by atoms with E-state index in [1.165, 1.54) is 17.7 Å². The Balaban J connectivity index is 1.74. The standard InChI is InChI=1S/C25H28F2O2/c1-13-9-20(26)24(21(27)10-13)18-12-25(2)19(7-8-22(25)29)17-5-3-14-11-15(28)4-6-16(14)23(17)18/h9-11,17-19,22,29H,3-8,12H2,1-2H3. The fourth-order valence-corrected chi connectivity index (χ4v) is 6.94. The van der Waals surface area contributed by atoms with Gasteiger partial charge in [-0.1, -0.05) is 12.5 Å². The van der Waals surface area contributed by atoms with E-state index in [-0.39, 0.29) is 28.6 Å². The highest BCUT2D eigenvalue weighted by atomic mass is 19.1. The Morgan fingerprint density at radius 3 is 2.52 bits per heavy atom. The Morgan fingerprint density at radius 2 is 1.79 bits per heavy atom. The van der Waals surface area contributed by atoms with Gasteiger partial charge in [0, 0.05) is 17.9 Å². The van der Waals surface area contributed by atoms with Gasteiger partial charge < -0.3 is 5.11 Å². The Hall–Kier alpha value is -1.81. The molecule has 4 aliphatic rings. The second-order valence-electron chi connectivity index (χ2n) is 9.82. The third-order valence-electron chi connectivity index (χ3n) is 8.25. The summed E-state index contributed by atoms with van der Waals surface area (Å²) in [4.78, 5) is 12.0. The Labute approximate surface area is 170 Å². The molecule has 0 aromatic heterocycles. The van der Waals surface area contributed by atoms with Gasteiger partial charge in [0.05, 0.1) is 6.10 Å². The molecule has 1 aromatic rings. The van der Waals surface area contributed by atoms with E-state index in [1.54, 1.807) is 13.0 Å². The first-order chi connectivity index (χ1) is 13.8. The molecule has 5 unspecified atom stereocenters. The van der Waals surface area contributed by atoms with Crippen molar-refractivity contribution in [2.24, 2.45) is 17.3 Å². The number of hydrogen-bond donors (Lipinski definition) is 1. The van der Waals surface area contributed by atoms with Gasteiger partial charge in [-0.05, 0) is 97.6 Å². The minimum Gasteiger partial charge on any atom is -0.393 e. The number of benzene rings is 1. The molecule has 5 rings (SSSR count). The van der Waals surface area contributed by atoms with Crippen molar-refractivity contribution in [2.75, 3.05) is 0 Å². The third-order valence-corrected chi connectivity index (χ3v) is 8.25. The number of halogens is 2. The Kier molecular flexibility index (Phi) is 4.36. The molecule has 0 aliphatic heterocycles. The molecule has 1 aromatic carbocycles. The van der Waals surface area contributed by atoms with Crippen molar-refractivity contribution >= 4 is 5.78 Å². The van der Waals surface area contributed by atoms with Gasteiger partial charge in [-0.3, -0.25) is 4.79 Å². The number of aryl methyl sites for hydroxylation is 1. The lowest BCUT2D eigenvalue weighted by Crippen LogP contribution is -2.45. The zero-order chi connectivity index (χ0) is 20.5. The minimum atomic E-state index is -0.489. The highest BCUT2D eigenvalue weighted by Gasteiger charge is 2.56. The van der Waals surface area contributed by atoms with Crippen molar-refractivity contribution in [3.63, 3.8) is 0 Å². The monoisotopic (exact) mass is 398 g/mol. The van der Waals surface area contributed by atoms with Crippen LogP contribution >= 0.6 is 0 Å². The predicted molar refractivity (Wildman–Crippen MR) is 107 cm³/mol. The van der Waals surface area contributed by atoms with Crippen LogP contribution in [0.1, 0.15) is 68.9 Å². The lowest BCUT2D eigenvalue weighted by Gasteiger charge is -2.52. The Bertz CT molecular complexity index is 937. The summed E-state index contributed by atoms with van der Waals surface area (Å²) < 4.78 is 30.2. The van der Waals surface area contributed by atoms with Gasteiger partial charge in [0.15, 0.2) is 5.78 Å². The molecule has 1 N–H and O–H groups in total. The zero-order valence-electron chi connectivity index (χ0n) is 17.1. The van der Waals surface area contributed by atoms with Crippen LogP contribution in [0.25, 0.3) is 0 Å². The number of carbonyl (C=O) groups is 1. The molecule has 0 amide bonds. The predicted octanol–water partition coefficient (Wildman–Crippen LogP) is 5.53. The maximum atomic E-state index is 15.1. The molecule has 4 aliphatic carbocycles. The molecule has 2 nitrogen and oxygen atoms in total. The quantitative estimate of drug-likeness (QED) is 0.675. The fraction of sp³-hybridized carbons (Fsp3) is 0.560. The van der Waals surface area contributed by atoms with Crippen molar-refractivity contribution < 1.29 is 18.7 Å². The number of aliphatic hydroxyl groups excluding tert-OH is 1. The molecule has 2 fully saturated rings. The molecule has 2 saturated carbocycles. The summed E-state index contributed by atoms with van der Waals surface area (Å²) in [6.45, 7) is 3.82. The summed E-state index contributed by atoms with van der Waals surface area (Å²) >= 11 is 0. The normalized spacial score (nSPS) is 36.4. The van der Waals surface area contributed by atoms with Gasteiger partial charge >= 0.3 is 0 Å². The summed E-state index contributed by atoms with van der Waals surface area (Å²) in [7, 11) is 0. The van der Waals surface area contributed by atoms with Crippen LogP contribution in [0.3, 0.4) is 0 Å². The molecule has 0 heterocycles. The average Bonchev–Trinajstić information content (AvgIpc) is 2.95. The summed E-state index contributed by atoms with van der Waals surface area (Å²) in [6.07, 6.45) is 6.52. The molecule has 0 spiro atoms. The second-order valence-corrected chi connectivity index (χ2v) is 9.82. The van der Waals surface area contributed by atoms with Gasteiger partial charge in [0.25, 0.3) is 0 Å². The maximum absolute atomic E-state index is 15.1. The van der Waals surface area contributed by atoms with Crippen molar-refractivity contribution in [3.8, 4) is 0 Å². The maximum Gasteiger partial charge on any atom is 0.156 e. The van der Waals surface area contributed by atoms with Crippen LogP contribution in [-0.2, 0) is 4.79 Å². The highest BCUT2D eigenvalue weighted by Crippen LogP contribution is 2.64. The van der Waals surface area contributed by atoms with Crippen LogP contribution in [0.5, 0.6) is 0 Å². The van der Waals surface area contributed by atoms with Crippen molar-refractivity contribution in [3.05, 3.63) is 57.7 Å². The van der Waals surface area contributed by atoms with Crippen LogP contribution in [0, 0.1) is 35.8 Å². The van der Waals surface area contributed by atoms with E-state index >= 15 is 8.78 Å². The molecule has 29 heavy (non-hydrogen) atoms. The first-order valence-electron chi connectivity index (χ1n) is 10.9. The number of ketones is 1. The molecule has 0 radical (unpaired) electrons. The second kappa shape index (κ2) is 6.60. The van der Waals surface area contributed by atoms with Crippen LogP contribution < -0.4 is 0 Å². The van der Waals surface area contributed by atoms with E-state index in [1.807, 2.05) is 0 Å². The van der Waals surface area contributed by atoms with E-state index in [2.05, 4.69) is 6.92 Å². The van der Waals surface area contributed by atoms with Gasteiger partial charge in [-0.25, -0.2) is 8.78 Å². The summed E-state index contributed by atoms with van der Waals surface area (Å²) in [6, 6.07) is 2.84. The van der Waals surface area contributed by atoms with Gasteiger partial charge in [-0.2, -0.15) is 0 Å². The Morgan fingerprint density at radius 1 is 1.07 bits per heavy atom. The number of aliphatic hydroxyl groups is 1. The lowest BCUT2D eigenvalue weighted by atomic mass is 9.53. The van der Waals surface area contributed by atoms with E-state index in [4.69, 9.17) is 0 Å². The molecular weight excluding hydrogens is 370 g/mol. The number of rotatable bonds is 1. The van der Waals surface area contributed by atoms with Gasteiger partial charge in [-0.15, -0.1) is 0 Å². The summed E-state index contributed by atoms with van der Waals surface area (Å²) in [5.74, 6) is -0.623. The summed E-state index contributed by atoms with van der Waals surface area (Å²) in [5, 5.41) is 10.8. The van der Waals surface area contributed by atoms with Crippen LogP contribution in [0.15, 0.2) is 34.9 Å². The van der Waals surface area contributed by atoms with E-state index in [9.17, 15) is 9.90 Å². The highest BCUT2D eigenvalue weighted by molar-refractivity contribution is 5.93. The minimum absolute atomic E-state index is 0.153. The van der Waals surface area contributed by atoms with Gasteiger partial charge in [0.2, 0.25) is 0 Å². The number of fused-ring (bicyclic) bond motifs is 4. The third kappa shape index (κ3) is 2.78. The topological polar surface area (TPSA) is 37.3 Å². The van der Waals surface area contributed by atoms with Crippen molar-refractivity contribution in [1.82, 2.24) is 0 Å². The molecule has 4 heteroatoms. The molecule has 0 bridgehead atoms. The molecule has 5 atom stereocenters. The van der Waals surface area contributed by atoms with Crippen LogP contribution in [-0.4, -0.2) is 17.0 Å². The first-order valence-corrected chi connectivity index (χ1v) is 10.9. The van der Waals surface area contributed by atoms with Crippen molar-refractivity contribution in [1.29, 1.82) is 0 Å². The number of allylic oxidation sites excluding steroid dienone is 4. The molecule has 0 saturated heterocycles. The first kappa shape index (κ1) is 19.2. The SMILES string of the molecule is Cc1cc(F)c(C2CC3(C)C(O)CCC3C3CCC4=CC(=O)CCC4=C23)c(F)c1. The van der Waals surface area contributed by atoms with E-state index in [0.29, 0.717) is 30.7 Å². The van der Waals surface area contributed by atoms with Crippen LogP contribution in [0.2, 0.25) is 0 Å². The fourth-order valence-electron chi connectivity index (χ4n) is 6.94. The summed E-state index contributed by atoms with van der Waals surface area (Å²) in [5.41, 5.74) is 3.82. The molecular formula is C25H28F2O2. The zero-order valence-corrected chi connectivity index (χ0v) is 17.1. The van der Waals surface area contributed by atoms with E-state index in [0.717, 1.165) is 36.8 Å². The van der Waals surface area contributed by atoms with Crippen molar-refractivity contribution in [2.45, 2.75) is 70.8 Å². The number of carbonyl (C=O) groups excluding carboxylic acids is 1. The largest absolute Gasteiger partial charge is 0.393 e. The molecule has 154 valence electrons. The van der Waals surface area contributed by atoms with E-state index < -0.39 is 17.7 Å². The number of hydrogen-bond acceptors (Lipinski definition) is 2. The van der Waals surface area contributed by atoms with Gasteiger partial charge in [0.1, 0.15) is 11.6 Å². The smallest absolute Gasteiger partial charge is 0.156 e. The lowest BCUT2D eigenvalue weighted by molar-refractivity contribution is -0.114.